The zero-order valence-corrected chi connectivity index (χ0v) is 17.7. The summed E-state index contributed by atoms with van der Waals surface area (Å²) in [4.78, 5) is 29.4. The van der Waals surface area contributed by atoms with Crippen LogP contribution in [0.25, 0.3) is 0 Å². The lowest BCUT2D eigenvalue weighted by Crippen LogP contribution is -2.36. The molecule has 0 unspecified atom stereocenters. The molecule has 3 rings (SSSR count). The molecule has 1 aliphatic rings. The highest BCUT2D eigenvalue weighted by Gasteiger charge is 2.22. The molecule has 29 heavy (non-hydrogen) atoms. The number of nitrogens with zero attached hydrogens (tertiary/aromatic N) is 2. The van der Waals surface area contributed by atoms with Crippen LogP contribution in [-0.2, 0) is 0 Å². The van der Waals surface area contributed by atoms with Gasteiger partial charge in [-0.2, -0.15) is 0 Å². The van der Waals surface area contributed by atoms with Gasteiger partial charge in [0.2, 0.25) is 0 Å². The number of likely N-dealkylation sites (tertiary alicyclic amines) is 1. The first-order valence-corrected chi connectivity index (χ1v) is 10.1. The lowest BCUT2D eigenvalue weighted by molar-refractivity contribution is 0.0725. The van der Waals surface area contributed by atoms with Gasteiger partial charge < -0.3 is 20.4 Å². The third-order valence-corrected chi connectivity index (χ3v) is 5.37. The zero-order chi connectivity index (χ0) is 21.0. The van der Waals surface area contributed by atoms with Crippen LogP contribution in [0, 0.1) is 13.8 Å². The number of rotatable bonds is 4. The van der Waals surface area contributed by atoms with Crippen molar-refractivity contribution in [2.75, 3.05) is 42.7 Å². The van der Waals surface area contributed by atoms with E-state index in [0.717, 1.165) is 42.9 Å². The Morgan fingerprint density at radius 1 is 0.862 bits per heavy atom. The van der Waals surface area contributed by atoms with Gasteiger partial charge in [0.15, 0.2) is 0 Å². The zero-order valence-electron chi connectivity index (χ0n) is 17.7. The minimum absolute atomic E-state index is 0.0200. The first kappa shape index (κ1) is 20.7. The molecule has 0 bridgehead atoms. The summed E-state index contributed by atoms with van der Waals surface area (Å²) >= 11 is 0. The van der Waals surface area contributed by atoms with Crippen LogP contribution in [0.2, 0.25) is 0 Å². The molecule has 1 aliphatic heterocycles. The molecule has 0 atom stereocenters. The van der Waals surface area contributed by atoms with E-state index >= 15 is 0 Å². The molecule has 0 radical (unpaired) electrons. The number of aryl methyl sites for hydroxylation is 2. The number of nitrogens with one attached hydrogen (secondary N) is 2. The average Bonchev–Trinajstić information content (AvgIpc) is 2.70. The normalized spacial score (nSPS) is 13.7. The summed E-state index contributed by atoms with van der Waals surface area (Å²) in [6.45, 7) is 5.62. The predicted octanol–water partition coefficient (Wildman–Crippen LogP) is 4.64. The molecule has 6 nitrogen and oxygen atoms in total. The fourth-order valence-corrected chi connectivity index (χ4v) is 3.56. The molecule has 1 saturated heterocycles. The van der Waals surface area contributed by atoms with Gasteiger partial charge in [0.25, 0.3) is 5.91 Å². The standard InChI is InChI=1S/C23H30N4O2/c1-16-8-9-18(14-17(16)2)24-23(29)25-19-10-11-21(26(3)4)20(15-19)22(28)27-12-6-5-7-13-27/h8-11,14-15H,5-7,12-13H2,1-4H3,(H2,24,25,29). The van der Waals surface area contributed by atoms with Crippen LogP contribution in [0.5, 0.6) is 0 Å². The molecule has 154 valence electrons. The van der Waals surface area contributed by atoms with Crippen molar-refractivity contribution >= 4 is 29.0 Å². The van der Waals surface area contributed by atoms with Crippen molar-refractivity contribution < 1.29 is 9.59 Å². The highest BCUT2D eigenvalue weighted by atomic mass is 16.2. The number of urea groups is 1. The van der Waals surface area contributed by atoms with Crippen LogP contribution in [0.4, 0.5) is 21.9 Å². The molecule has 2 aromatic rings. The first-order valence-electron chi connectivity index (χ1n) is 10.1. The van der Waals surface area contributed by atoms with Crippen LogP contribution >= 0.6 is 0 Å². The quantitative estimate of drug-likeness (QED) is 0.794. The van der Waals surface area contributed by atoms with Gasteiger partial charge in [-0.3, -0.25) is 4.79 Å². The Bertz CT molecular complexity index is 902. The van der Waals surface area contributed by atoms with E-state index in [9.17, 15) is 9.59 Å². The molecule has 0 aromatic heterocycles. The van der Waals surface area contributed by atoms with Crippen LogP contribution in [-0.4, -0.2) is 44.0 Å². The number of carbonyl (C=O) groups excluding carboxylic acids is 2. The Morgan fingerprint density at radius 2 is 1.48 bits per heavy atom. The molecule has 6 heteroatoms. The van der Waals surface area contributed by atoms with Crippen molar-refractivity contribution in [3.05, 3.63) is 53.1 Å². The van der Waals surface area contributed by atoms with Gasteiger partial charge in [0, 0.05) is 44.2 Å². The highest BCUT2D eigenvalue weighted by Crippen LogP contribution is 2.26. The number of hydrogen-bond acceptors (Lipinski definition) is 3. The predicted molar refractivity (Wildman–Crippen MR) is 119 cm³/mol. The van der Waals surface area contributed by atoms with Gasteiger partial charge in [-0.1, -0.05) is 6.07 Å². The topological polar surface area (TPSA) is 64.7 Å². The molecule has 0 spiro atoms. The van der Waals surface area contributed by atoms with Crippen LogP contribution in [0.15, 0.2) is 36.4 Å². The van der Waals surface area contributed by atoms with Gasteiger partial charge >= 0.3 is 6.03 Å². The summed E-state index contributed by atoms with van der Waals surface area (Å²) in [7, 11) is 3.84. The van der Waals surface area contributed by atoms with Crippen molar-refractivity contribution in [1.29, 1.82) is 0 Å². The summed E-state index contributed by atoms with van der Waals surface area (Å²) < 4.78 is 0. The van der Waals surface area contributed by atoms with E-state index in [1.54, 1.807) is 6.07 Å². The Morgan fingerprint density at radius 3 is 2.10 bits per heavy atom. The Hall–Kier alpha value is -3.02. The van der Waals surface area contributed by atoms with E-state index in [2.05, 4.69) is 10.6 Å². The third kappa shape index (κ3) is 5.08. The number of anilines is 3. The van der Waals surface area contributed by atoms with E-state index in [-0.39, 0.29) is 11.9 Å². The van der Waals surface area contributed by atoms with E-state index in [1.807, 2.05) is 68.1 Å². The van der Waals surface area contributed by atoms with E-state index in [4.69, 9.17) is 0 Å². The van der Waals surface area contributed by atoms with Gasteiger partial charge in [-0.15, -0.1) is 0 Å². The SMILES string of the molecule is Cc1ccc(NC(=O)Nc2ccc(N(C)C)c(C(=O)N3CCCCC3)c2)cc1C. The molecule has 2 N–H and O–H groups in total. The fourth-order valence-electron chi connectivity index (χ4n) is 3.56. The van der Waals surface area contributed by atoms with E-state index in [0.29, 0.717) is 11.3 Å². The van der Waals surface area contributed by atoms with Gasteiger partial charge in [-0.05, 0) is 74.6 Å². The van der Waals surface area contributed by atoms with Crippen LogP contribution in [0.1, 0.15) is 40.7 Å². The van der Waals surface area contributed by atoms with Crippen molar-refractivity contribution in [2.45, 2.75) is 33.1 Å². The minimum Gasteiger partial charge on any atom is -0.377 e. The summed E-state index contributed by atoms with van der Waals surface area (Å²) in [5.41, 5.74) is 5.09. The second-order valence-corrected chi connectivity index (χ2v) is 7.86. The molecule has 2 aromatic carbocycles. The summed E-state index contributed by atoms with van der Waals surface area (Å²) in [5, 5.41) is 5.70. The van der Waals surface area contributed by atoms with Crippen molar-refractivity contribution in [3.8, 4) is 0 Å². The van der Waals surface area contributed by atoms with Gasteiger partial charge in [-0.25, -0.2) is 4.79 Å². The van der Waals surface area contributed by atoms with E-state index in [1.165, 1.54) is 12.0 Å². The maximum absolute atomic E-state index is 13.1. The number of amides is 3. The second kappa shape index (κ2) is 8.99. The van der Waals surface area contributed by atoms with Crippen molar-refractivity contribution in [2.24, 2.45) is 0 Å². The van der Waals surface area contributed by atoms with Gasteiger partial charge in [0.05, 0.1) is 5.56 Å². The van der Waals surface area contributed by atoms with Crippen LogP contribution < -0.4 is 15.5 Å². The smallest absolute Gasteiger partial charge is 0.323 e. The molecule has 0 aliphatic carbocycles. The molecule has 3 amide bonds. The lowest BCUT2D eigenvalue weighted by Gasteiger charge is -2.28. The third-order valence-electron chi connectivity index (χ3n) is 5.37. The summed E-state index contributed by atoms with van der Waals surface area (Å²) in [6.07, 6.45) is 3.25. The monoisotopic (exact) mass is 394 g/mol. The minimum atomic E-state index is -0.331. The fraction of sp³-hybridized carbons (Fsp3) is 0.391. The average molecular weight is 395 g/mol. The second-order valence-electron chi connectivity index (χ2n) is 7.86. The Balaban J connectivity index is 1.77. The van der Waals surface area contributed by atoms with E-state index < -0.39 is 0 Å². The first-order chi connectivity index (χ1) is 13.8. The molecule has 1 fully saturated rings. The maximum atomic E-state index is 13.1. The number of carbonyl (C=O) groups is 2. The Kier molecular flexibility index (Phi) is 6.42. The van der Waals surface area contributed by atoms with Crippen LogP contribution in [0.3, 0.4) is 0 Å². The van der Waals surface area contributed by atoms with Crippen molar-refractivity contribution in [3.63, 3.8) is 0 Å². The number of hydrogen-bond donors (Lipinski definition) is 2. The van der Waals surface area contributed by atoms with Crippen molar-refractivity contribution in [1.82, 2.24) is 4.90 Å². The number of piperidine rings is 1. The number of benzene rings is 2. The molecular weight excluding hydrogens is 364 g/mol. The highest BCUT2D eigenvalue weighted by molar-refractivity contribution is 6.04. The molecule has 0 saturated carbocycles. The summed E-state index contributed by atoms with van der Waals surface area (Å²) in [5.74, 6) is 0.0200. The maximum Gasteiger partial charge on any atom is 0.323 e. The molecular formula is C23H30N4O2. The Labute approximate surface area is 172 Å². The largest absolute Gasteiger partial charge is 0.377 e. The molecule has 1 heterocycles. The van der Waals surface area contributed by atoms with Gasteiger partial charge in [0.1, 0.15) is 0 Å². The lowest BCUT2D eigenvalue weighted by atomic mass is 10.1. The summed E-state index contributed by atoms with van der Waals surface area (Å²) in [6, 6.07) is 10.9.